The van der Waals surface area contributed by atoms with Gasteiger partial charge in [0.1, 0.15) is 18.1 Å². The minimum absolute atomic E-state index is 0.145. The van der Waals surface area contributed by atoms with Crippen LogP contribution in [0.1, 0.15) is 5.56 Å². The van der Waals surface area contributed by atoms with Gasteiger partial charge in [-0.25, -0.2) is 5.43 Å². The van der Waals surface area contributed by atoms with Crippen molar-refractivity contribution in [3.63, 3.8) is 0 Å². The molecule has 0 spiro atoms. The van der Waals surface area contributed by atoms with Crippen LogP contribution in [-0.2, 0) is 4.79 Å². The van der Waals surface area contributed by atoms with Crippen molar-refractivity contribution < 1.29 is 14.3 Å². The lowest BCUT2D eigenvalue weighted by molar-refractivity contribution is -0.123. The summed E-state index contributed by atoms with van der Waals surface area (Å²) in [5.41, 5.74) is 5.31. The van der Waals surface area contributed by atoms with E-state index in [2.05, 4.69) is 32.4 Å². The highest BCUT2D eigenvalue weighted by molar-refractivity contribution is 9.10. The number of carbonyl (C=O) groups is 1. The molecule has 3 aromatic rings. The lowest BCUT2D eigenvalue weighted by Crippen LogP contribution is -2.24. The highest BCUT2D eigenvalue weighted by Gasteiger charge is 2.05. The number of hydrazone groups is 1. The molecular formula is C24H19BrN2O3. The van der Waals surface area contributed by atoms with Crippen LogP contribution in [0.25, 0.3) is 11.1 Å². The third kappa shape index (κ3) is 6.23. The lowest BCUT2D eigenvalue weighted by Gasteiger charge is -2.08. The highest BCUT2D eigenvalue weighted by Crippen LogP contribution is 2.22. The molecule has 0 aliphatic carbocycles. The Balaban J connectivity index is 1.52. The molecule has 0 aliphatic rings. The van der Waals surface area contributed by atoms with E-state index in [1.54, 1.807) is 6.07 Å². The van der Waals surface area contributed by atoms with Gasteiger partial charge in [-0.15, -0.1) is 6.42 Å². The van der Waals surface area contributed by atoms with Crippen molar-refractivity contribution in [2.24, 2.45) is 5.10 Å². The SMILES string of the molecule is C#CCOc1ccc(Br)cc1C=NNC(=O)COc1ccc(-c2ccccc2)cc1. The van der Waals surface area contributed by atoms with Gasteiger partial charge in [-0.3, -0.25) is 4.79 Å². The van der Waals surface area contributed by atoms with E-state index in [0.29, 0.717) is 17.1 Å². The van der Waals surface area contributed by atoms with Gasteiger partial charge in [-0.2, -0.15) is 5.10 Å². The van der Waals surface area contributed by atoms with Crippen LogP contribution in [0.5, 0.6) is 11.5 Å². The van der Waals surface area contributed by atoms with Crippen LogP contribution in [0, 0.1) is 12.3 Å². The number of terminal acetylenes is 1. The lowest BCUT2D eigenvalue weighted by atomic mass is 10.1. The molecule has 0 radical (unpaired) electrons. The first kappa shape index (κ1) is 21.2. The molecule has 0 aromatic heterocycles. The predicted octanol–water partition coefficient (Wildman–Crippen LogP) is 4.66. The van der Waals surface area contributed by atoms with Gasteiger partial charge in [-0.05, 0) is 41.5 Å². The molecule has 1 amide bonds. The third-order valence-corrected chi connectivity index (χ3v) is 4.50. The van der Waals surface area contributed by atoms with Crippen LogP contribution in [0.4, 0.5) is 0 Å². The van der Waals surface area contributed by atoms with E-state index < -0.39 is 0 Å². The van der Waals surface area contributed by atoms with Gasteiger partial charge < -0.3 is 9.47 Å². The topological polar surface area (TPSA) is 59.9 Å². The summed E-state index contributed by atoms with van der Waals surface area (Å²) in [6.45, 7) is -0.00725. The molecule has 0 fully saturated rings. The monoisotopic (exact) mass is 462 g/mol. The number of amides is 1. The van der Waals surface area contributed by atoms with Crippen molar-refractivity contribution in [1.29, 1.82) is 0 Å². The molecule has 0 saturated carbocycles. The van der Waals surface area contributed by atoms with Crippen molar-refractivity contribution in [3.8, 4) is 35.0 Å². The van der Waals surface area contributed by atoms with Crippen molar-refractivity contribution >= 4 is 28.1 Å². The van der Waals surface area contributed by atoms with E-state index in [9.17, 15) is 4.79 Å². The van der Waals surface area contributed by atoms with Gasteiger partial charge in [0, 0.05) is 10.0 Å². The second-order valence-corrected chi connectivity index (χ2v) is 7.06. The maximum Gasteiger partial charge on any atom is 0.277 e. The second kappa shape index (κ2) is 10.8. The molecule has 0 aliphatic heterocycles. The van der Waals surface area contributed by atoms with Gasteiger partial charge in [0.05, 0.1) is 6.21 Å². The van der Waals surface area contributed by atoms with Crippen LogP contribution < -0.4 is 14.9 Å². The predicted molar refractivity (Wildman–Crippen MR) is 122 cm³/mol. The smallest absolute Gasteiger partial charge is 0.277 e. The zero-order chi connectivity index (χ0) is 21.2. The number of hydrogen-bond donors (Lipinski definition) is 1. The minimum Gasteiger partial charge on any atom is -0.484 e. The van der Waals surface area contributed by atoms with Crippen molar-refractivity contribution in [2.45, 2.75) is 0 Å². The zero-order valence-electron chi connectivity index (χ0n) is 16.0. The third-order valence-electron chi connectivity index (χ3n) is 4.01. The van der Waals surface area contributed by atoms with E-state index in [1.807, 2.05) is 66.7 Å². The first-order chi connectivity index (χ1) is 14.7. The summed E-state index contributed by atoms with van der Waals surface area (Å²) in [6, 6.07) is 23.0. The molecule has 3 rings (SSSR count). The number of nitrogens with one attached hydrogen (secondary N) is 1. The van der Waals surface area contributed by atoms with E-state index in [0.717, 1.165) is 15.6 Å². The molecule has 6 heteroatoms. The number of ether oxygens (including phenoxy) is 2. The van der Waals surface area contributed by atoms with Crippen LogP contribution in [0.3, 0.4) is 0 Å². The molecule has 30 heavy (non-hydrogen) atoms. The van der Waals surface area contributed by atoms with Gasteiger partial charge >= 0.3 is 0 Å². The highest BCUT2D eigenvalue weighted by atomic mass is 79.9. The Kier molecular flexibility index (Phi) is 7.64. The molecule has 150 valence electrons. The summed E-state index contributed by atoms with van der Waals surface area (Å²) in [7, 11) is 0. The molecule has 0 atom stereocenters. The number of nitrogens with zero attached hydrogens (tertiary/aromatic N) is 1. The Morgan fingerprint density at radius 2 is 1.77 bits per heavy atom. The van der Waals surface area contributed by atoms with Gasteiger partial charge in [0.2, 0.25) is 0 Å². The molecule has 0 saturated heterocycles. The van der Waals surface area contributed by atoms with Crippen molar-refractivity contribution in [2.75, 3.05) is 13.2 Å². The Labute approximate surface area is 183 Å². The molecule has 1 N–H and O–H groups in total. The molecular weight excluding hydrogens is 444 g/mol. The first-order valence-electron chi connectivity index (χ1n) is 9.12. The summed E-state index contributed by atoms with van der Waals surface area (Å²) in [5, 5.41) is 3.96. The van der Waals surface area contributed by atoms with Crippen molar-refractivity contribution in [1.82, 2.24) is 5.43 Å². The van der Waals surface area contributed by atoms with E-state index in [1.165, 1.54) is 6.21 Å². The van der Waals surface area contributed by atoms with Gasteiger partial charge in [0.15, 0.2) is 6.61 Å². The van der Waals surface area contributed by atoms with E-state index in [-0.39, 0.29) is 19.1 Å². The largest absolute Gasteiger partial charge is 0.484 e. The first-order valence-corrected chi connectivity index (χ1v) is 9.91. The maximum absolute atomic E-state index is 12.0. The Morgan fingerprint density at radius 1 is 1.03 bits per heavy atom. The Hall–Kier alpha value is -3.56. The zero-order valence-corrected chi connectivity index (χ0v) is 17.6. The normalized spacial score (nSPS) is 10.4. The summed E-state index contributed by atoms with van der Waals surface area (Å²) in [5.74, 6) is 3.21. The maximum atomic E-state index is 12.0. The fourth-order valence-corrected chi connectivity index (χ4v) is 2.98. The number of halogens is 1. The van der Waals surface area contributed by atoms with E-state index in [4.69, 9.17) is 15.9 Å². The minimum atomic E-state index is -0.375. The summed E-state index contributed by atoms with van der Waals surface area (Å²) < 4.78 is 11.8. The standard InChI is InChI=1S/C24H19BrN2O3/c1-2-14-29-23-13-10-21(25)15-20(23)16-26-27-24(28)17-30-22-11-8-19(9-12-22)18-6-4-3-5-7-18/h1,3-13,15-16H,14,17H2,(H,27,28). The fourth-order valence-electron chi connectivity index (χ4n) is 2.60. The van der Waals surface area contributed by atoms with Gasteiger partial charge in [-0.1, -0.05) is 64.3 Å². The van der Waals surface area contributed by atoms with Crippen molar-refractivity contribution in [3.05, 3.63) is 82.8 Å². The number of benzene rings is 3. The molecule has 3 aromatic carbocycles. The number of hydrogen-bond acceptors (Lipinski definition) is 4. The molecule has 0 heterocycles. The van der Waals surface area contributed by atoms with Crippen LogP contribution in [-0.4, -0.2) is 25.3 Å². The Bertz CT molecular complexity index is 1060. The molecule has 5 nitrogen and oxygen atoms in total. The van der Waals surface area contributed by atoms with Gasteiger partial charge in [0.25, 0.3) is 5.91 Å². The summed E-state index contributed by atoms with van der Waals surface area (Å²) in [4.78, 5) is 12.0. The summed E-state index contributed by atoms with van der Waals surface area (Å²) in [6.07, 6.45) is 6.72. The van der Waals surface area contributed by atoms with Crippen LogP contribution in [0.2, 0.25) is 0 Å². The van der Waals surface area contributed by atoms with Crippen LogP contribution >= 0.6 is 15.9 Å². The average molecular weight is 463 g/mol. The van der Waals surface area contributed by atoms with E-state index >= 15 is 0 Å². The van der Waals surface area contributed by atoms with Crippen LogP contribution in [0.15, 0.2) is 82.4 Å². The Morgan fingerprint density at radius 3 is 2.50 bits per heavy atom. The number of rotatable bonds is 8. The quantitative estimate of drug-likeness (QED) is 0.301. The average Bonchev–Trinajstić information content (AvgIpc) is 2.78. The molecule has 0 bridgehead atoms. The fraction of sp³-hybridized carbons (Fsp3) is 0.0833. The molecule has 0 unspecified atom stereocenters. The second-order valence-electron chi connectivity index (χ2n) is 6.15. The summed E-state index contributed by atoms with van der Waals surface area (Å²) >= 11 is 3.39. The number of carbonyl (C=O) groups excluding carboxylic acids is 1.